The molecule has 1 aromatic rings. The minimum Gasteiger partial charge on any atom is -0.387 e. The standard InChI is InChI=1S/C13H21NO/c1-4-14(5-2)10-13(15)12-8-6-11(3)7-9-12/h6-9,13,15H,4-5,10H2,1-3H3. The first-order valence-corrected chi connectivity index (χ1v) is 5.64. The molecule has 0 saturated carbocycles. The first-order valence-electron chi connectivity index (χ1n) is 5.64. The van der Waals surface area contributed by atoms with Crippen LogP contribution in [-0.4, -0.2) is 29.6 Å². The molecular formula is C13H21NO. The van der Waals surface area contributed by atoms with E-state index < -0.39 is 0 Å². The first kappa shape index (κ1) is 12.2. The number of hydrogen-bond donors (Lipinski definition) is 1. The largest absolute Gasteiger partial charge is 0.387 e. The van der Waals surface area contributed by atoms with Crippen LogP contribution in [0.4, 0.5) is 0 Å². The Morgan fingerprint density at radius 1 is 1.13 bits per heavy atom. The SMILES string of the molecule is CCN(CC)CC(O)c1ccc(C)cc1. The van der Waals surface area contributed by atoms with E-state index in [1.807, 2.05) is 24.3 Å². The first-order chi connectivity index (χ1) is 7.17. The number of likely N-dealkylation sites (N-methyl/N-ethyl adjacent to an activating group) is 1. The second-order valence-corrected chi connectivity index (χ2v) is 3.91. The number of aryl methyl sites for hydroxylation is 1. The van der Waals surface area contributed by atoms with Crippen LogP contribution in [0.3, 0.4) is 0 Å². The lowest BCUT2D eigenvalue weighted by molar-refractivity contribution is 0.119. The molecule has 2 nitrogen and oxygen atoms in total. The number of nitrogens with zero attached hydrogens (tertiary/aromatic N) is 1. The Kier molecular flexibility index (Phi) is 4.79. The molecule has 2 heteroatoms. The van der Waals surface area contributed by atoms with E-state index in [1.165, 1.54) is 5.56 Å². The lowest BCUT2D eigenvalue weighted by Gasteiger charge is -2.22. The van der Waals surface area contributed by atoms with Gasteiger partial charge in [0.05, 0.1) is 6.10 Å². The highest BCUT2D eigenvalue weighted by atomic mass is 16.3. The summed E-state index contributed by atoms with van der Waals surface area (Å²) >= 11 is 0. The van der Waals surface area contributed by atoms with Gasteiger partial charge >= 0.3 is 0 Å². The van der Waals surface area contributed by atoms with E-state index in [2.05, 4.69) is 25.7 Å². The number of benzene rings is 1. The fourth-order valence-electron chi connectivity index (χ4n) is 1.62. The van der Waals surface area contributed by atoms with Crippen molar-refractivity contribution >= 4 is 0 Å². The van der Waals surface area contributed by atoms with Crippen molar-refractivity contribution in [1.29, 1.82) is 0 Å². The van der Waals surface area contributed by atoms with Gasteiger partial charge in [-0.1, -0.05) is 43.7 Å². The molecule has 1 atom stereocenters. The molecule has 1 rings (SSSR count). The van der Waals surface area contributed by atoms with E-state index in [0.717, 1.165) is 25.2 Å². The Bertz CT molecular complexity index is 277. The van der Waals surface area contributed by atoms with Crippen molar-refractivity contribution in [3.8, 4) is 0 Å². The van der Waals surface area contributed by atoms with Gasteiger partial charge in [-0.25, -0.2) is 0 Å². The lowest BCUT2D eigenvalue weighted by Crippen LogP contribution is -2.28. The van der Waals surface area contributed by atoms with Crippen LogP contribution in [0, 0.1) is 6.92 Å². The zero-order chi connectivity index (χ0) is 11.3. The third-order valence-electron chi connectivity index (χ3n) is 2.79. The third kappa shape index (κ3) is 3.65. The Morgan fingerprint density at radius 2 is 1.67 bits per heavy atom. The summed E-state index contributed by atoms with van der Waals surface area (Å²) < 4.78 is 0. The van der Waals surface area contributed by atoms with Crippen LogP contribution in [-0.2, 0) is 0 Å². The lowest BCUT2D eigenvalue weighted by atomic mass is 10.1. The van der Waals surface area contributed by atoms with Crippen molar-refractivity contribution in [2.45, 2.75) is 26.9 Å². The smallest absolute Gasteiger partial charge is 0.0916 e. The maximum atomic E-state index is 10.0. The topological polar surface area (TPSA) is 23.5 Å². The number of aliphatic hydroxyl groups excluding tert-OH is 1. The van der Waals surface area contributed by atoms with E-state index in [-0.39, 0.29) is 6.10 Å². The highest BCUT2D eigenvalue weighted by Crippen LogP contribution is 2.14. The number of rotatable bonds is 5. The average molecular weight is 207 g/mol. The molecule has 0 bridgehead atoms. The summed E-state index contributed by atoms with van der Waals surface area (Å²) in [7, 11) is 0. The predicted octanol–water partition coefficient (Wildman–Crippen LogP) is 2.37. The molecule has 1 unspecified atom stereocenters. The quantitative estimate of drug-likeness (QED) is 0.801. The van der Waals surface area contributed by atoms with Crippen LogP contribution >= 0.6 is 0 Å². The van der Waals surface area contributed by atoms with Crippen molar-refractivity contribution in [3.63, 3.8) is 0 Å². The molecule has 1 N–H and O–H groups in total. The van der Waals surface area contributed by atoms with Crippen molar-refractivity contribution in [1.82, 2.24) is 4.90 Å². The summed E-state index contributed by atoms with van der Waals surface area (Å²) in [6.07, 6.45) is -0.370. The van der Waals surface area contributed by atoms with Gasteiger partial charge in [0, 0.05) is 6.54 Å². The van der Waals surface area contributed by atoms with Gasteiger partial charge in [0.25, 0.3) is 0 Å². The second kappa shape index (κ2) is 5.89. The minimum absolute atomic E-state index is 0.370. The Hall–Kier alpha value is -0.860. The zero-order valence-corrected chi connectivity index (χ0v) is 9.90. The van der Waals surface area contributed by atoms with Crippen molar-refractivity contribution in [3.05, 3.63) is 35.4 Å². The van der Waals surface area contributed by atoms with E-state index >= 15 is 0 Å². The Balaban J connectivity index is 2.60. The zero-order valence-electron chi connectivity index (χ0n) is 9.90. The minimum atomic E-state index is -0.370. The van der Waals surface area contributed by atoms with Crippen LogP contribution in [0.1, 0.15) is 31.1 Å². The maximum absolute atomic E-state index is 10.0. The molecular weight excluding hydrogens is 186 g/mol. The molecule has 0 aliphatic heterocycles. The maximum Gasteiger partial charge on any atom is 0.0916 e. The van der Waals surface area contributed by atoms with E-state index in [0.29, 0.717) is 0 Å². The normalized spacial score (nSPS) is 13.1. The molecule has 0 amide bonds. The molecule has 0 aromatic heterocycles. The molecule has 15 heavy (non-hydrogen) atoms. The molecule has 0 aliphatic carbocycles. The van der Waals surface area contributed by atoms with Gasteiger partial charge in [-0.05, 0) is 25.6 Å². The van der Waals surface area contributed by atoms with Gasteiger partial charge in [0.2, 0.25) is 0 Å². The second-order valence-electron chi connectivity index (χ2n) is 3.91. The van der Waals surface area contributed by atoms with Gasteiger partial charge in [-0.2, -0.15) is 0 Å². The van der Waals surface area contributed by atoms with Crippen LogP contribution < -0.4 is 0 Å². The molecule has 84 valence electrons. The van der Waals surface area contributed by atoms with E-state index in [9.17, 15) is 5.11 Å². The molecule has 0 saturated heterocycles. The van der Waals surface area contributed by atoms with Crippen LogP contribution in [0.25, 0.3) is 0 Å². The van der Waals surface area contributed by atoms with E-state index in [4.69, 9.17) is 0 Å². The summed E-state index contributed by atoms with van der Waals surface area (Å²) in [4.78, 5) is 2.23. The molecule has 0 heterocycles. The third-order valence-corrected chi connectivity index (χ3v) is 2.79. The van der Waals surface area contributed by atoms with Crippen LogP contribution in [0.15, 0.2) is 24.3 Å². The fourth-order valence-corrected chi connectivity index (χ4v) is 1.62. The highest BCUT2D eigenvalue weighted by Gasteiger charge is 2.10. The molecule has 0 aliphatic rings. The molecule has 1 aromatic carbocycles. The molecule has 0 radical (unpaired) electrons. The van der Waals surface area contributed by atoms with Crippen molar-refractivity contribution < 1.29 is 5.11 Å². The number of hydrogen-bond acceptors (Lipinski definition) is 2. The van der Waals surface area contributed by atoms with Crippen molar-refractivity contribution in [2.75, 3.05) is 19.6 Å². The van der Waals surface area contributed by atoms with Gasteiger partial charge in [0.15, 0.2) is 0 Å². The van der Waals surface area contributed by atoms with Gasteiger partial charge < -0.3 is 10.0 Å². The Morgan fingerprint density at radius 3 is 2.13 bits per heavy atom. The van der Waals surface area contributed by atoms with Crippen molar-refractivity contribution in [2.24, 2.45) is 0 Å². The highest BCUT2D eigenvalue weighted by molar-refractivity contribution is 5.23. The monoisotopic (exact) mass is 207 g/mol. The predicted molar refractivity (Wildman–Crippen MR) is 63.9 cm³/mol. The summed E-state index contributed by atoms with van der Waals surface area (Å²) in [5.74, 6) is 0. The van der Waals surface area contributed by atoms with E-state index in [1.54, 1.807) is 0 Å². The van der Waals surface area contributed by atoms with Gasteiger partial charge in [-0.15, -0.1) is 0 Å². The summed E-state index contributed by atoms with van der Waals surface area (Å²) in [6.45, 7) is 8.98. The summed E-state index contributed by atoms with van der Waals surface area (Å²) in [5, 5.41) is 10.0. The van der Waals surface area contributed by atoms with Gasteiger partial charge in [0.1, 0.15) is 0 Å². The molecule has 0 spiro atoms. The number of aliphatic hydroxyl groups is 1. The van der Waals surface area contributed by atoms with Crippen LogP contribution in [0.2, 0.25) is 0 Å². The van der Waals surface area contributed by atoms with Crippen LogP contribution in [0.5, 0.6) is 0 Å². The van der Waals surface area contributed by atoms with Gasteiger partial charge in [-0.3, -0.25) is 0 Å². The Labute approximate surface area is 92.5 Å². The molecule has 0 fully saturated rings. The summed E-state index contributed by atoms with van der Waals surface area (Å²) in [5.41, 5.74) is 2.24. The average Bonchev–Trinajstić information content (AvgIpc) is 2.26. The fraction of sp³-hybridized carbons (Fsp3) is 0.538. The summed E-state index contributed by atoms with van der Waals surface area (Å²) in [6, 6.07) is 8.09.